The van der Waals surface area contributed by atoms with Gasteiger partial charge in [-0.25, -0.2) is 15.0 Å². The van der Waals surface area contributed by atoms with Gasteiger partial charge in [-0.05, 0) is 24.3 Å². The highest BCUT2D eigenvalue weighted by atomic mass is 15.2. The predicted molar refractivity (Wildman–Crippen MR) is 88.5 cm³/mol. The topological polar surface area (TPSA) is 80.0 Å². The summed E-state index contributed by atoms with van der Waals surface area (Å²) in [4.78, 5) is 14.6. The van der Waals surface area contributed by atoms with Crippen molar-refractivity contribution in [3.05, 3.63) is 61.1 Å². The number of anilines is 5. The summed E-state index contributed by atoms with van der Waals surface area (Å²) in [6.07, 6.45) is 3.19. The molecule has 1 aromatic carbocycles. The third-order valence-electron chi connectivity index (χ3n) is 3.24. The molecule has 0 fully saturated rings. The number of hydrogen-bond donors (Lipinski definition) is 2. The highest BCUT2D eigenvalue weighted by Crippen LogP contribution is 2.31. The van der Waals surface area contributed by atoms with Crippen molar-refractivity contribution in [2.75, 3.05) is 23.0 Å². The van der Waals surface area contributed by atoms with Gasteiger partial charge in [-0.2, -0.15) is 0 Å². The lowest BCUT2D eigenvalue weighted by Crippen LogP contribution is -2.15. The number of nitrogens with one attached hydrogen (secondary N) is 1. The van der Waals surface area contributed by atoms with Crippen LogP contribution in [0.5, 0.6) is 0 Å². The molecule has 0 spiro atoms. The van der Waals surface area contributed by atoms with E-state index in [0.717, 1.165) is 5.69 Å². The number of aromatic nitrogens is 3. The standard InChI is InChI=1S/C16H16N6/c1-22(12-7-3-2-4-8-12)16-14(17)15(19-11-20-16)21-13-9-5-6-10-18-13/h2-11H,17H2,1H3,(H,18,19,20,21). The molecule has 0 aliphatic rings. The molecule has 0 amide bonds. The summed E-state index contributed by atoms with van der Waals surface area (Å²) >= 11 is 0. The molecular formula is C16H16N6. The Bertz CT molecular complexity index is 745. The summed E-state index contributed by atoms with van der Waals surface area (Å²) in [5, 5.41) is 3.11. The number of para-hydroxylation sites is 1. The number of nitrogens with two attached hydrogens (primary N) is 1. The lowest BCUT2D eigenvalue weighted by atomic mass is 10.3. The van der Waals surface area contributed by atoms with Crippen LogP contribution in [0.15, 0.2) is 61.1 Å². The van der Waals surface area contributed by atoms with E-state index >= 15 is 0 Å². The van der Waals surface area contributed by atoms with Crippen LogP contribution < -0.4 is 16.0 Å². The zero-order valence-electron chi connectivity index (χ0n) is 12.1. The summed E-state index contributed by atoms with van der Waals surface area (Å²) in [6.45, 7) is 0. The summed E-state index contributed by atoms with van der Waals surface area (Å²) in [5.41, 5.74) is 7.68. The van der Waals surface area contributed by atoms with Gasteiger partial charge >= 0.3 is 0 Å². The first kappa shape index (κ1) is 13.8. The van der Waals surface area contributed by atoms with Gasteiger partial charge in [0.1, 0.15) is 17.8 Å². The SMILES string of the molecule is CN(c1ccccc1)c1ncnc(Nc2ccccn2)c1N. The third kappa shape index (κ3) is 2.80. The van der Waals surface area contributed by atoms with Gasteiger partial charge in [-0.15, -0.1) is 0 Å². The summed E-state index contributed by atoms with van der Waals surface area (Å²) < 4.78 is 0. The molecule has 0 saturated carbocycles. The average Bonchev–Trinajstić information content (AvgIpc) is 2.58. The first-order valence-electron chi connectivity index (χ1n) is 6.83. The molecule has 22 heavy (non-hydrogen) atoms. The van der Waals surface area contributed by atoms with Crippen molar-refractivity contribution in [3.8, 4) is 0 Å². The van der Waals surface area contributed by atoms with Crippen LogP contribution in [0.25, 0.3) is 0 Å². The number of benzene rings is 1. The maximum absolute atomic E-state index is 6.21. The number of nitrogens with zero attached hydrogens (tertiary/aromatic N) is 4. The molecule has 110 valence electrons. The molecule has 6 heteroatoms. The van der Waals surface area contributed by atoms with E-state index in [0.29, 0.717) is 23.1 Å². The van der Waals surface area contributed by atoms with Gasteiger partial charge in [0.25, 0.3) is 0 Å². The largest absolute Gasteiger partial charge is 0.393 e. The van der Waals surface area contributed by atoms with Gasteiger partial charge in [0, 0.05) is 18.9 Å². The number of rotatable bonds is 4. The van der Waals surface area contributed by atoms with E-state index in [9.17, 15) is 0 Å². The Kier molecular flexibility index (Phi) is 3.82. The zero-order chi connectivity index (χ0) is 15.4. The van der Waals surface area contributed by atoms with E-state index in [1.807, 2.05) is 60.5 Å². The van der Waals surface area contributed by atoms with Gasteiger partial charge in [0.15, 0.2) is 11.6 Å². The van der Waals surface area contributed by atoms with E-state index in [-0.39, 0.29) is 0 Å². The number of pyridine rings is 1. The van der Waals surface area contributed by atoms with Crippen LogP contribution in [-0.2, 0) is 0 Å². The van der Waals surface area contributed by atoms with Crippen molar-refractivity contribution in [1.29, 1.82) is 0 Å². The summed E-state index contributed by atoms with van der Waals surface area (Å²) in [7, 11) is 1.92. The Labute approximate surface area is 128 Å². The molecule has 2 heterocycles. The van der Waals surface area contributed by atoms with Crippen molar-refractivity contribution >= 4 is 28.8 Å². The van der Waals surface area contributed by atoms with Gasteiger partial charge in [0.2, 0.25) is 0 Å². The monoisotopic (exact) mass is 292 g/mol. The maximum Gasteiger partial charge on any atom is 0.161 e. The molecule has 0 aliphatic carbocycles. The molecule has 0 unspecified atom stereocenters. The Balaban J connectivity index is 1.92. The molecule has 0 aliphatic heterocycles. The fourth-order valence-electron chi connectivity index (χ4n) is 2.09. The van der Waals surface area contributed by atoms with Gasteiger partial charge in [-0.3, -0.25) is 0 Å². The van der Waals surface area contributed by atoms with Crippen molar-refractivity contribution in [3.63, 3.8) is 0 Å². The molecule has 0 radical (unpaired) electrons. The smallest absolute Gasteiger partial charge is 0.161 e. The van der Waals surface area contributed by atoms with Gasteiger partial charge in [-0.1, -0.05) is 24.3 Å². The van der Waals surface area contributed by atoms with Gasteiger partial charge in [0.05, 0.1) is 0 Å². The molecular weight excluding hydrogens is 276 g/mol. The molecule has 0 bridgehead atoms. The number of hydrogen-bond acceptors (Lipinski definition) is 6. The second-order valence-electron chi connectivity index (χ2n) is 4.69. The molecule has 0 saturated heterocycles. The van der Waals surface area contributed by atoms with Crippen LogP contribution >= 0.6 is 0 Å². The molecule has 3 rings (SSSR count). The Morgan fingerprint density at radius 2 is 1.73 bits per heavy atom. The van der Waals surface area contributed by atoms with Crippen LogP contribution in [0.1, 0.15) is 0 Å². The van der Waals surface area contributed by atoms with E-state index < -0.39 is 0 Å². The maximum atomic E-state index is 6.21. The summed E-state index contributed by atoms with van der Waals surface area (Å²) in [5.74, 6) is 1.85. The Hall–Kier alpha value is -3.15. The fourth-order valence-corrected chi connectivity index (χ4v) is 2.09. The van der Waals surface area contributed by atoms with Crippen LogP contribution in [-0.4, -0.2) is 22.0 Å². The highest BCUT2D eigenvalue weighted by Gasteiger charge is 2.13. The third-order valence-corrected chi connectivity index (χ3v) is 3.24. The van der Waals surface area contributed by atoms with Crippen LogP contribution in [0.4, 0.5) is 28.8 Å². The highest BCUT2D eigenvalue weighted by molar-refractivity contribution is 5.80. The van der Waals surface area contributed by atoms with Crippen LogP contribution in [0.3, 0.4) is 0 Å². The van der Waals surface area contributed by atoms with Crippen LogP contribution in [0.2, 0.25) is 0 Å². The van der Waals surface area contributed by atoms with E-state index in [4.69, 9.17) is 5.73 Å². The molecule has 0 atom stereocenters. The first-order valence-corrected chi connectivity index (χ1v) is 6.83. The minimum atomic E-state index is 0.472. The minimum Gasteiger partial charge on any atom is -0.393 e. The second-order valence-corrected chi connectivity index (χ2v) is 4.69. The fraction of sp³-hybridized carbons (Fsp3) is 0.0625. The van der Waals surface area contributed by atoms with E-state index in [2.05, 4.69) is 20.3 Å². The Morgan fingerprint density at radius 3 is 2.45 bits per heavy atom. The van der Waals surface area contributed by atoms with Crippen molar-refractivity contribution in [2.45, 2.75) is 0 Å². The lowest BCUT2D eigenvalue weighted by Gasteiger charge is -2.20. The molecule has 6 nitrogen and oxygen atoms in total. The van der Waals surface area contributed by atoms with Crippen molar-refractivity contribution in [2.24, 2.45) is 0 Å². The average molecular weight is 292 g/mol. The van der Waals surface area contributed by atoms with Crippen LogP contribution in [0, 0.1) is 0 Å². The lowest BCUT2D eigenvalue weighted by molar-refractivity contribution is 1.08. The molecule has 3 N–H and O–H groups in total. The van der Waals surface area contributed by atoms with Crippen molar-refractivity contribution in [1.82, 2.24) is 15.0 Å². The Morgan fingerprint density at radius 1 is 0.955 bits per heavy atom. The van der Waals surface area contributed by atoms with E-state index in [1.165, 1.54) is 6.33 Å². The normalized spacial score (nSPS) is 10.2. The van der Waals surface area contributed by atoms with E-state index in [1.54, 1.807) is 6.20 Å². The minimum absolute atomic E-state index is 0.472. The predicted octanol–water partition coefficient (Wildman–Crippen LogP) is 2.97. The van der Waals surface area contributed by atoms with Crippen molar-refractivity contribution < 1.29 is 0 Å². The first-order chi connectivity index (χ1) is 10.8. The quantitative estimate of drug-likeness (QED) is 0.769. The summed E-state index contributed by atoms with van der Waals surface area (Å²) in [6, 6.07) is 15.5. The molecule has 2 aromatic heterocycles. The van der Waals surface area contributed by atoms with Gasteiger partial charge < -0.3 is 16.0 Å². The molecule has 3 aromatic rings. The number of nitrogen functional groups attached to an aromatic ring is 1. The second kappa shape index (κ2) is 6.09. The zero-order valence-corrected chi connectivity index (χ0v) is 12.1.